The summed E-state index contributed by atoms with van der Waals surface area (Å²) in [6, 6.07) is 6.00. The molecule has 0 spiro atoms. The minimum Gasteiger partial charge on any atom is -0.475 e. The van der Waals surface area contributed by atoms with Crippen LogP contribution in [0.3, 0.4) is 0 Å². The van der Waals surface area contributed by atoms with E-state index in [-0.39, 0.29) is 29.8 Å². The monoisotopic (exact) mass is 625 g/mol. The highest BCUT2D eigenvalue weighted by Crippen LogP contribution is 2.28. The summed E-state index contributed by atoms with van der Waals surface area (Å²) >= 11 is 0. The van der Waals surface area contributed by atoms with Gasteiger partial charge < -0.3 is 32.3 Å². The van der Waals surface area contributed by atoms with E-state index >= 15 is 0 Å². The van der Waals surface area contributed by atoms with E-state index in [4.69, 9.17) is 31.3 Å². The first-order valence-electron chi connectivity index (χ1n) is 12.9. The highest BCUT2D eigenvalue weighted by Gasteiger charge is 2.39. The van der Waals surface area contributed by atoms with E-state index in [2.05, 4.69) is 32.5 Å². The molecule has 2 unspecified atom stereocenters. The van der Waals surface area contributed by atoms with E-state index in [1.165, 1.54) is 0 Å². The molecule has 240 valence electrons. The maximum Gasteiger partial charge on any atom is 0.490 e. The summed E-state index contributed by atoms with van der Waals surface area (Å²) in [7, 11) is 0. The first-order valence-corrected chi connectivity index (χ1v) is 12.9. The molecule has 1 saturated carbocycles. The normalized spacial score (nSPS) is 16.5. The minimum atomic E-state index is -5.08. The van der Waals surface area contributed by atoms with E-state index in [1.807, 2.05) is 25.1 Å². The van der Waals surface area contributed by atoms with Crippen LogP contribution in [0.1, 0.15) is 61.6 Å². The Morgan fingerprint density at radius 2 is 1.56 bits per heavy atom. The second-order valence-electron chi connectivity index (χ2n) is 9.29. The lowest BCUT2D eigenvalue weighted by atomic mass is 9.90. The summed E-state index contributed by atoms with van der Waals surface area (Å²) in [5.41, 5.74) is 13.1. The van der Waals surface area contributed by atoms with Gasteiger partial charge in [0.25, 0.3) is 5.91 Å². The molecule has 0 radical (unpaired) electrons. The molecule has 1 heterocycles. The predicted octanol–water partition coefficient (Wildman–Crippen LogP) is 3.73. The number of nitrogens with two attached hydrogens (primary N) is 2. The summed E-state index contributed by atoms with van der Waals surface area (Å²) in [4.78, 5) is 43.8. The van der Waals surface area contributed by atoms with E-state index in [1.54, 1.807) is 0 Å². The zero-order chi connectivity index (χ0) is 33.0. The zero-order valence-electron chi connectivity index (χ0n) is 23.2. The Kier molecular flexibility index (Phi) is 13.9. The molecule has 1 aromatic heterocycles. The number of aliphatic carboxylic acids is 2. The molecule has 0 saturated heterocycles. The predicted molar refractivity (Wildman–Crippen MR) is 144 cm³/mol. The lowest BCUT2D eigenvalue weighted by Crippen LogP contribution is -2.38. The number of guanidine groups is 1. The van der Waals surface area contributed by atoms with Gasteiger partial charge in [-0.25, -0.2) is 24.5 Å². The number of carbonyl (C=O) groups excluding carboxylic acids is 1. The SMILES string of the molecule is CCCCNC(=O)c1nc(NC2CCCCC2N=C(N)N)c2cc(C)ccc2n1.O=C(O)C(F)(F)F.O=C(O)C(F)(F)F. The average molecular weight is 626 g/mol. The van der Waals surface area contributed by atoms with Crippen molar-refractivity contribution in [1.82, 2.24) is 15.3 Å². The molecule has 2 atom stereocenters. The molecular formula is C25H33F6N7O5. The van der Waals surface area contributed by atoms with Gasteiger partial charge in [-0.3, -0.25) is 4.79 Å². The molecule has 3 rings (SSSR count). The van der Waals surface area contributed by atoms with Crippen molar-refractivity contribution in [3.05, 3.63) is 29.6 Å². The van der Waals surface area contributed by atoms with Crippen LogP contribution in [0, 0.1) is 6.92 Å². The average Bonchev–Trinajstić information content (AvgIpc) is 2.89. The number of hydrogen-bond donors (Lipinski definition) is 6. The molecule has 0 aliphatic heterocycles. The van der Waals surface area contributed by atoms with E-state index in [0.717, 1.165) is 55.0 Å². The lowest BCUT2D eigenvalue weighted by molar-refractivity contribution is -0.193. The van der Waals surface area contributed by atoms with Gasteiger partial charge in [-0.05, 0) is 38.3 Å². The number of unbranched alkanes of at least 4 members (excludes halogenated alkanes) is 1. The van der Waals surface area contributed by atoms with Gasteiger partial charge in [-0.15, -0.1) is 0 Å². The number of carbonyl (C=O) groups is 3. The third-order valence-electron chi connectivity index (χ3n) is 5.72. The molecule has 1 amide bonds. The van der Waals surface area contributed by atoms with Crippen molar-refractivity contribution < 1.29 is 50.9 Å². The molecule has 1 aliphatic rings. The number of aryl methyl sites for hydroxylation is 1. The van der Waals surface area contributed by atoms with Crippen LogP contribution >= 0.6 is 0 Å². The quantitative estimate of drug-likeness (QED) is 0.114. The van der Waals surface area contributed by atoms with Crippen LogP contribution in [-0.2, 0) is 9.59 Å². The number of carboxylic acid groups (broad SMARTS) is 2. The van der Waals surface area contributed by atoms with Gasteiger partial charge in [-0.1, -0.05) is 37.8 Å². The van der Waals surface area contributed by atoms with Crippen molar-refractivity contribution in [2.75, 3.05) is 11.9 Å². The summed E-state index contributed by atoms with van der Waals surface area (Å²) in [5, 5.41) is 21.6. The van der Waals surface area contributed by atoms with Crippen molar-refractivity contribution in [2.24, 2.45) is 16.5 Å². The van der Waals surface area contributed by atoms with E-state index < -0.39 is 24.3 Å². The molecule has 1 fully saturated rings. The van der Waals surface area contributed by atoms with Crippen molar-refractivity contribution in [1.29, 1.82) is 0 Å². The Morgan fingerprint density at radius 3 is 2.07 bits per heavy atom. The van der Waals surface area contributed by atoms with Gasteiger partial charge in [-0.2, -0.15) is 26.3 Å². The first kappa shape index (κ1) is 36.6. The summed E-state index contributed by atoms with van der Waals surface area (Å²) < 4.78 is 63.5. The summed E-state index contributed by atoms with van der Waals surface area (Å²) in [6.45, 7) is 4.72. The minimum absolute atomic E-state index is 0.00888. The first-order chi connectivity index (χ1) is 19.9. The largest absolute Gasteiger partial charge is 0.490 e. The van der Waals surface area contributed by atoms with Gasteiger partial charge in [0.05, 0.1) is 17.6 Å². The Morgan fingerprint density at radius 1 is 1.00 bits per heavy atom. The standard InChI is InChI=1S/C21H31N7O.2C2HF3O2/c1-3-4-11-24-20(29)19-25-15-10-9-13(2)12-14(15)18(28-19)26-16-7-5-6-8-17(16)27-21(22)23;2*3-2(4,5)1(6)7/h9-10,12,16-17H,3-8,11H2,1-2H3,(H,24,29)(H4,22,23,27)(H,25,26,28);2*(H,6,7). The Bertz CT molecular complexity index is 1260. The maximum atomic E-state index is 12.6. The number of rotatable bonds is 7. The van der Waals surface area contributed by atoms with Crippen molar-refractivity contribution in [3.63, 3.8) is 0 Å². The van der Waals surface area contributed by atoms with E-state index in [0.29, 0.717) is 12.4 Å². The molecule has 43 heavy (non-hydrogen) atoms. The second-order valence-corrected chi connectivity index (χ2v) is 9.29. The van der Waals surface area contributed by atoms with Crippen molar-refractivity contribution >= 4 is 40.5 Å². The molecule has 8 N–H and O–H groups in total. The van der Waals surface area contributed by atoms with Crippen LogP contribution in [0.2, 0.25) is 0 Å². The number of anilines is 1. The maximum absolute atomic E-state index is 12.6. The number of alkyl halides is 6. The van der Waals surface area contributed by atoms with Gasteiger partial charge in [0.2, 0.25) is 5.82 Å². The number of fused-ring (bicyclic) bond motifs is 1. The number of nitrogens with one attached hydrogen (secondary N) is 2. The fourth-order valence-corrected chi connectivity index (χ4v) is 3.71. The fourth-order valence-electron chi connectivity index (χ4n) is 3.71. The van der Waals surface area contributed by atoms with Crippen LogP contribution in [0.5, 0.6) is 0 Å². The van der Waals surface area contributed by atoms with Crippen LogP contribution < -0.4 is 22.1 Å². The number of benzene rings is 1. The molecule has 12 nitrogen and oxygen atoms in total. The van der Waals surface area contributed by atoms with Gasteiger partial charge in [0, 0.05) is 11.9 Å². The zero-order valence-corrected chi connectivity index (χ0v) is 23.2. The van der Waals surface area contributed by atoms with E-state index in [9.17, 15) is 31.1 Å². The lowest BCUT2D eigenvalue weighted by Gasteiger charge is -2.30. The molecule has 18 heteroatoms. The molecule has 1 aliphatic carbocycles. The summed E-state index contributed by atoms with van der Waals surface area (Å²) in [6.07, 6.45) is -4.18. The molecular weight excluding hydrogens is 592 g/mol. The van der Waals surface area contributed by atoms with Crippen LogP contribution in [0.25, 0.3) is 10.9 Å². The van der Waals surface area contributed by atoms with Gasteiger partial charge in [0.1, 0.15) is 5.82 Å². The Labute approximate surface area is 242 Å². The second kappa shape index (κ2) is 16.3. The van der Waals surface area contributed by atoms with Gasteiger partial charge >= 0.3 is 24.3 Å². The van der Waals surface area contributed by atoms with Crippen LogP contribution in [-0.4, -0.2) is 75.0 Å². The number of carboxylic acids is 2. The number of aromatic nitrogens is 2. The topological polar surface area (TPSA) is 206 Å². The number of aliphatic imine (C=N–C) groups is 1. The van der Waals surface area contributed by atoms with Crippen molar-refractivity contribution in [3.8, 4) is 0 Å². The van der Waals surface area contributed by atoms with Crippen molar-refractivity contribution in [2.45, 2.75) is 76.8 Å². The number of nitrogens with zero attached hydrogens (tertiary/aromatic N) is 3. The third-order valence-corrected chi connectivity index (χ3v) is 5.72. The highest BCUT2D eigenvalue weighted by molar-refractivity contribution is 5.96. The fraction of sp³-hybridized carbons (Fsp3) is 0.520. The Balaban J connectivity index is 0.000000548. The van der Waals surface area contributed by atoms with Crippen LogP contribution in [0.15, 0.2) is 23.2 Å². The number of halogens is 6. The molecule has 2 aromatic rings. The Hall–Kier alpha value is -4.38. The highest BCUT2D eigenvalue weighted by atomic mass is 19.4. The smallest absolute Gasteiger partial charge is 0.475 e. The number of amides is 1. The molecule has 0 bridgehead atoms. The van der Waals surface area contributed by atoms with Crippen LogP contribution in [0.4, 0.5) is 32.2 Å². The number of hydrogen-bond acceptors (Lipinski definition) is 7. The third kappa shape index (κ3) is 13.0. The molecule has 1 aromatic carbocycles. The van der Waals surface area contributed by atoms with Gasteiger partial charge in [0.15, 0.2) is 5.96 Å². The summed E-state index contributed by atoms with van der Waals surface area (Å²) in [5.74, 6) is -4.84.